The van der Waals surface area contributed by atoms with Gasteiger partial charge in [0.2, 0.25) is 0 Å². The average Bonchev–Trinajstić information content (AvgIpc) is 2.72. The third-order valence-electron chi connectivity index (χ3n) is 2.38. The Morgan fingerprint density at radius 3 is 2.89 bits per heavy atom. The number of ether oxygens (including phenoxy) is 1. The molecule has 96 valence electrons. The molecule has 0 aliphatic rings. The summed E-state index contributed by atoms with van der Waals surface area (Å²) in [5.41, 5.74) is 7.52. The van der Waals surface area contributed by atoms with Crippen molar-refractivity contribution in [3.8, 4) is 5.75 Å². The molecular weight excluding hydrogens is 312 g/mol. The lowest BCUT2D eigenvalue weighted by Gasteiger charge is -2.10. The van der Waals surface area contributed by atoms with Crippen LogP contribution in [-0.2, 0) is 6.54 Å². The number of hydrogen-bond donors (Lipinski definition) is 2. The molecule has 0 saturated carbocycles. The van der Waals surface area contributed by atoms with Crippen LogP contribution in [0.2, 0.25) is 0 Å². The fourth-order valence-electron chi connectivity index (χ4n) is 1.61. The van der Waals surface area contributed by atoms with Crippen molar-refractivity contribution in [3.63, 3.8) is 0 Å². The minimum absolute atomic E-state index is 0.638. The van der Waals surface area contributed by atoms with Gasteiger partial charge < -0.3 is 15.8 Å². The fourth-order valence-corrected chi connectivity index (χ4v) is 3.04. The van der Waals surface area contributed by atoms with Gasteiger partial charge in [0.15, 0.2) is 0 Å². The average molecular weight is 327 g/mol. The topological polar surface area (TPSA) is 47.3 Å². The highest BCUT2D eigenvalue weighted by Crippen LogP contribution is 2.26. The molecule has 0 unspecified atom stereocenters. The van der Waals surface area contributed by atoms with E-state index in [1.54, 1.807) is 11.3 Å². The normalized spacial score (nSPS) is 10.3. The predicted octanol–water partition coefficient (Wildman–Crippen LogP) is 4.10. The molecule has 1 aromatic carbocycles. The number of nitrogens with one attached hydrogen (secondary N) is 1. The van der Waals surface area contributed by atoms with Crippen LogP contribution in [0, 0.1) is 0 Å². The third-order valence-corrected chi connectivity index (χ3v) is 4.31. The predicted molar refractivity (Wildman–Crippen MR) is 81.4 cm³/mol. The lowest BCUT2D eigenvalue weighted by molar-refractivity contribution is 0.340. The monoisotopic (exact) mass is 326 g/mol. The molecule has 0 atom stereocenters. The molecule has 0 fully saturated rings. The van der Waals surface area contributed by atoms with Gasteiger partial charge >= 0.3 is 0 Å². The summed E-state index contributed by atoms with van der Waals surface area (Å²) in [5.74, 6) is 0.797. The lowest BCUT2D eigenvalue weighted by atomic mass is 10.2. The Labute approximate surface area is 119 Å². The van der Waals surface area contributed by atoms with E-state index in [-0.39, 0.29) is 0 Å². The summed E-state index contributed by atoms with van der Waals surface area (Å²) >= 11 is 5.23. The van der Waals surface area contributed by atoms with Crippen molar-refractivity contribution in [1.29, 1.82) is 0 Å². The van der Waals surface area contributed by atoms with Crippen LogP contribution < -0.4 is 15.8 Å². The van der Waals surface area contributed by atoms with Gasteiger partial charge in [-0.15, -0.1) is 11.3 Å². The SMILES string of the molecule is CCOc1cc(N)cc(NCc2sccc2Br)c1. The van der Waals surface area contributed by atoms with E-state index < -0.39 is 0 Å². The first-order valence-electron chi connectivity index (χ1n) is 5.68. The molecule has 0 bridgehead atoms. The molecule has 5 heteroatoms. The molecule has 3 N–H and O–H groups in total. The Balaban J connectivity index is 2.07. The highest BCUT2D eigenvalue weighted by atomic mass is 79.9. The van der Waals surface area contributed by atoms with Gasteiger partial charge in [0.05, 0.1) is 13.2 Å². The molecule has 0 aliphatic heterocycles. The largest absolute Gasteiger partial charge is 0.494 e. The van der Waals surface area contributed by atoms with Gasteiger partial charge in [-0.2, -0.15) is 0 Å². The van der Waals surface area contributed by atoms with Gasteiger partial charge in [-0.1, -0.05) is 0 Å². The minimum Gasteiger partial charge on any atom is -0.494 e. The molecule has 1 aromatic heterocycles. The van der Waals surface area contributed by atoms with E-state index in [1.165, 1.54) is 4.88 Å². The highest BCUT2D eigenvalue weighted by Gasteiger charge is 2.03. The van der Waals surface area contributed by atoms with E-state index in [1.807, 2.05) is 31.2 Å². The number of benzene rings is 1. The van der Waals surface area contributed by atoms with Crippen molar-refractivity contribution in [3.05, 3.63) is 39.0 Å². The second kappa shape index (κ2) is 6.11. The number of rotatable bonds is 5. The van der Waals surface area contributed by atoms with Crippen LogP contribution in [0.1, 0.15) is 11.8 Å². The maximum Gasteiger partial charge on any atom is 0.123 e. The maximum absolute atomic E-state index is 5.84. The van der Waals surface area contributed by atoms with E-state index in [4.69, 9.17) is 10.5 Å². The standard InChI is InChI=1S/C13H15BrN2OS/c1-2-17-11-6-9(15)5-10(7-11)16-8-13-12(14)3-4-18-13/h3-7,16H,2,8,15H2,1H3. The van der Waals surface area contributed by atoms with Crippen LogP contribution in [0.25, 0.3) is 0 Å². The molecule has 0 aliphatic carbocycles. The maximum atomic E-state index is 5.84. The zero-order valence-electron chi connectivity index (χ0n) is 10.1. The summed E-state index contributed by atoms with van der Waals surface area (Å²) in [6.07, 6.45) is 0. The summed E-state index contributed by atoms with van der Waals surface area (Å²) < 4.78 is 6.59. The Bertz CT molecular complexity index is 527. The van der Waals surface area contributed by atoms with Crippen molar-refractivity contribution >= 4 is 38.6 Å². The molecule has 2 aromatic rings. The smallest absolute Gasteiger partial charge is 0.123 e. The first-order chi connectivity index (χ1) is 8.69. The zero-order chi connectivity index (χ0) is 13.0. The van der Waals surface area contributed by atoms with Gasteiger partial charge in [0.25, 0.3) is 0 Å². The second-order valence-electron chi connectivity index (χ2n) is 3.77. The molecule has 0 radical (unpaired) electrons. The quantitative estimate of drug-likeness (QED) is 0.813. The number of hydrogen-bond acceptors (Lipinski definition) is 4. The number of nitrogens with two attached hydrogens (primary N) is 1. The molecule has 0 spiro atoms. The fraction of sp³-hybridized carbons (Fsp3) is 0.231. The van der Waals surface area contributed by atoms with Crippen molar-refractivity contribution in [2.24, 2.45) is 0 Å². The summed E-state index contributed by atoms with van der Waals surface area (Å²) in [6.45, 7) is 3.37. The van der Waals surface area contributed by atoms with E-state index in [0.717, 1.165) is 22.5 Å². The van der Waals surface area contributed by atoms with Gasteiger partial charge in [-0.25, -0.2) is 0 Å². The summed E-state index contributed by atoms with van der Waals surface area (Å²) in [7, 11) is 0. The number of thiophene rings is 1. The van der Waals surface area contributed by atoms with Gasteiger partial charge in [0.1, 0.15) is 5.75 Å². The van der Waals surface area contributed by atoms with Crippen LogP contribution in [0.15, 0.2) is 34.1 Å². The Morgan fingerprint density at radius 2 is 2.22 bits per heavy atom. The van der Waals surface area contributed by atoms with Crippen LogP contribution in [0.5, 0.6) is 5.75 Å². The van der Waals surface area contributed by atoms with Gasteiger partial charge in [-0.05, 0) is 40.4 Å². The minimum atomic E-state index is 0.638. The van der Waals surface area contributed by atoms with Crippen LogP contribution in [0.3, 0.4) is 0 Å². The Kier molecular flexibility index (Phi) is 4.49. The van der Waals surface area contributed by atoms with E-state index in [9.17, 15) is 0 Å². The molecular formula is C13H15BrN2OS. The first-order valence-corrected chi connectivity index (χ1v) is 7.35. The number of halogens is 1. The summed E-state index contributed by atoms with van der Waals surface area (Å²) in [6, 6.07) is 7.74. The first kappa shape index (κ1) is 13.2. The van der Waals surface area contributed by atoms with Crippen molar-refractivity contribution in [1.82, 2.24) is 0 Å². The zero-order valence-corrected chi connectivity index (χ0v) is 12.5. The van der Waals surface area contributed by atoms with Crippen molar-refractivity contribution in [2.45, 2.75) is 13.5 Å². The number of nitrogen functional groups attached to an aromatic ring is 1. The van der Waals surface area contributed by atoms with E-state index >= 15 is 0 Å². The van der Waals surface area contributed by atoms with Gasteiger partial charge in [-0.3, -0.25) is 0 Å². The van der Waals surface area contributed by atoms with E-state index in [0.29, 0.717) is 12.3 Å². The molecule has 1 heterocycles. The third kappa shape index (κ3) is 3.40. The van der Waals surface area contributed by atoms with Crippen LogP contribution >= 0.6 is 27.3 Å². The second-order valence-corrected chi connectivity index (χ2v) is 5.62. The summed E-state index contributed by atoms with van der Waals surface area (Å²) in [4.78, 5) is 1.26. The summed E-state index contributed by atoms with van der Waals surface area (Å²) in [5, 5.41) is 5.41. The lowest BCUT2D eigenvalue weighted by Crippen LogP contribution is -2.00. The van der Waals surface area contributed by atoms with E-state index in [2.05, 4.69) is 26.6 Å². The molecule has 18 heavy (non-hydrogen) atoms. The molecule has 0 amide bonds. The van der Waals surface area contributed by atoms with Crippen LogP contribution in [-0.4, -0.2) is 6.61 Å². The Hall–Kier alpha value is -1.20. The van der Waals surface area contributed by atoms with Crippen molar-refractivity contribution < 1.29 is 4.74 Å². The Morgan fingerprint density at radius 1 is 1.39 bits per heavy atom. The number of anilines is 2. The van der Waals surface area contributed by atoms with Crippen molar-refractivity contribution in [2.75, 3.05) is 17.7 Å². The van der Waals surface area contributed by atoms with Gasteiger partial charge in [0, 0.05) is 32.9 Å². The van der Waals surface area contributed by atoms with Crippen LogP contribution in [0.4, 0.5) is 11.4 Å². The molecule has 2 rings (SSSR count). The molecule has 0 saturated heterocycles. The highest BCUT2D eigenvalue weighted by molar-refractivity contribution is 9.10. The molecule has 3 nitrogen and oxygen atoms in total.